The highest BCUT2D eigenvalue weighted by Gasteiger charge is 2.05. The molecule has 0 radical (unpaired) electrons. The normalized spacial score (nSPS) is 10.8. The molecule has 1 rings (SSSR count). The number of nitrogens with one attached hydrogen (secondary N) is 2. The summed E-state index contributed by atoms with van der Waals surface area (Å²) in [4.78, 5) is 20.2. The van der Waals surface area contributed by atoms with Gasteiger partial charge >= 0.3 is 0 Å². The van der Waals surface area contributed by atoms with Gasteiger partial charge in [-0.25, -0.2) is 4.98 Å². The molecule has 96 valence electrons. The lowest BCUT2D eigenvalue weighted by Gasteiger charge is -2.19. The Balaban J connectivity index is 2.45. The summed E-state index contributed by atoms with van der Waals surface area (Å²) in [5.74, 6) is 0.598. The van der Waals surface area contributed by atoms with E-state index in [0.29, 0.717) is 10.3 Å². The van der Waals surface area contributed by atoms with Gasteiger partial charge in [0, 0.05) is 13.1 Å². The summed E-state index contributed by atoms with van der Waals surface area (Å²) in [5, 5.41) is 3.16. The van der Waals surface area contributed by atoms with Crippen molar-refractivity contribution in [2.45, 2.75) is 20.3 Å². The van der Waals surface area contributed by atoms with Gasteiger partial charge in [-0.1, -0.05) is 13.8 Å². The van der Waals surface area contributed by atoms with Crippen molar-refractivity contribution < 1.29 is 0 Å². The Morgan fingerprint density at radius 3 is 2.88 bits per heavy atom. The fourth-order valence-electron chi connectivity index (χ4n) is 1.58. The highest BCUT2D eigenvalue weighted by molar-refractivity contribution is 9.10. The third kappa shape index (κ3) is 4.47. The van der Waals surface area contributed by atoms with Crippen LogP contribution in [0, 0.1) is 0 Å². The predicted molar refractivity (Wildman–Crippen MR) is 73.5 cm³/mol. The Morgan fingerprint density at radius 2 is 2.24 bits per heavy atom. The Hall–Kier alpha value is -0.880. The van der Waals surface area contributed by atoms with Gasteiger partial charge in [0.1, 0.15) is 10.3 Å². The maximum atomic E-state index is 11.3. The predicted octanol–water partition coefficient (Wildman–Crippen LogP) is 1.68. The smallest absolute Gasteiger partial charge is 0.267 e. The van der Waals surface area contributed by atoms with Gasteiger partial charge in [-0.3, -0.25) is 4.79 Å². The molecule has 0 spiro atoms. The molecule has 6 heteroatoms. The Bertz CT molecular complexity index is 393. The van der Waals surface area contributed by atoms with Crippen molar-refractivity contribution in [3.8, 4) is 0 Å². The van der Waals surface area contributed by atoms with Crippen LogP contribution in [0.1, 0.15) is 20.3 Å². The SMILES string of the molecule is CCCN(CC)CCNc1nc[nH]c(=O)c1Br. The lowest BCUT2D eigenvalue weighted by molar-refractivity contribution is 0.300. The molecular formula is C11H19BrN4O. The lowest BCUT2D eigenvalue weighted by atomic mass is 10.4. The molecule has 0 aliphatic heterocycles. The number of hydrogen-bond donors (Lipinski definition) is 2. The molecule has 0 saturated carbocycles. The van der Waals surface area contributed by atoms with Crippen molar-refractivity contribution in [3.05, 3.63) is 21.2 Å². The highest BCUT2D eigenvalue weighted by Crippen LogP contribution is 2.12. The molecule has 5 nitrogen and oxygen atoms in total. The Morgan fingerprint density at radius 1 is 1.47 bits per heavy atom. The zero-order valence-corrected chi connectivity index (χ0v) is 11.9. The van der Waals surface area contributed by atoms with Crippen LogP contribution in [0.15, 0.2) is 15.6 Å². The number of nitrogens with zero attached hydrogens (tertiary/aromatic N) is 2. The summed E-state index contributed by atoms with van der Waals surface area (Å²) in [6.45, 7) is 8.19. The van der Waals surface area contributed by atoms with E-state index < -0.39 is 0 Å². The minimum atomic E-state index is -0.164. The van der Waals surface area contributed by atoms with Gasteiger partial charge in [-0.2, -0.15) is 0 Å². The second kappa shape index (κ2) is 7.45. The molecule has 1 aromatic rings. The summed E-state index contributed by atoms with van der Waals surface area (Å²) < 4.78 is 0.457. The molecule has 0 saturated heterocycles. The molecule has 0 fully saturated rings. The number of likely N-dealkylation sites (N-methyl/N-ethyl adjacent to an activating group) is 1. The van der Waals surface area contributed by atoms with Crippen LogP contribution < -0.4 is 10.9 Å². The van der Waals surface area contributed by atoms with Crippen LogP contribution in [0.3, 0.4) is 0 Å². The standard InChI is InChI=1S/C11H19BrN4O/c1-3-6-16(4-2)7-5-13-10-9(12)11(17)15-8-14-10/h8H,3-7H2,1-2H3,(H2,13,14,15,17). The van der Waals surface area contributed by atoms with Crippen LogP contribution in [0.5, 0.6) is 0 Å². The van der Waals surface area contributed by atoms with Gasteiger partial charge in [-0.05, 0) is 35.4 Å². The Labute approximate surface area is 110 Å². The summed E-state index contributed by atoms with van der Waals surface area (Å²) in [5.41, 5.74) is -0.164. The third-order valence-electron chi connectivity index (χ3n) is 2.50. The van der Waals surface area contributed by atoms with E-state index in [1.54, 1.807) is 0 Å². The zero-order valence-electron chi connectivity index (χ0n) is 10.3. The molecule has 17 heavy (non-hydrogen) atoms. The molecule has 0 aromatic carbocycles. The first-order chi connectivity index (χ1) is 8.19. The second-order valence-electron chi connectivity index (χ2n) is 3.76. The van der Waals surface area contributed by atoms with Gasteiger partial charge in [0.25, 0.3) is 5.56 Å². The van der Waals surface area contributed by atoms with E-state index in [4.69, 9.17) is 0 Å². The van der Waals surface area contributed by atoms with E-state index >= 15 is 0 Å². The average Bonchev–Trinajstić information content (AvgIpc) is 2.33. The molecule has 2 N–H and O–H groups in total. The van der Waals surface area contributed by atoms with Gasteiger partial charge < -0.3 is 15.2 Å². The van der Waals surface area contributed by atoms with Crippen LogP contribution in [0.2, 0.25) is 0 Å². The van der Waals surface area contributed by atoms with E-state index in [2.05, 4.69) is 50.0 Å². The zero-order chi connectivity index (χ0) is 12.7. The monoisotopic (exact) mass is 302 g/mol. The largest absolute Gasteiger partial charge is 0.368 e. The van der Waals surface area contributed by atoms with Crippen molar-refractivity contribution in [1.82, 2.24) is 14.9 Å². The first-order valence-electron chi connectivity index (χ1n) is 5.88. The van der Waals surface area contributed by atoms with Crippen molar-refractivity contribution in [1.29, 1.82) is 0 Å². The summed E-state index contributed by atoms with van der Waals surface area (Å²) >= 11 is 3.21. The molecule has 1 heterocycles. The van der Waals surface area contributed by atoms with E-state index in [1.807, 2.05) is 0 Å². The maximum absolute atomic E-state index is 11.3. The number of halogens is 1. The Kier molecular flexibility index (Phi) is 6.21. The van der Waals surface area contributed by atoms with Gasteiger partial charge in [0.2, 0.25) is 0 Å². The van der Waals surface area contributed by atoms with Crippen molar-refractivity contribution in [2.75, 3.05) is 31.5 Å². The molecular weight excluding hydrogens is 284 g/mol. The number of anilines is 1. The first-order valence-corrected chi connectivity index (χ1v) is 6.67. The van der Waals surface area contributed by atoms with Crippen molar-refractivity contribution in [3.63, 3.8) is 0 Å². The molecule has 0 unspecified atom stereocenters. The first kappa shape index (κ1) is 14.2. The van der Waals surface area contributed by atoms with Crippen LogP contribution in [-0.4, -0.2) is 41.0 Å². The van der Waals surface area contributed by atoms with Crippen LogP contribution >= 0.6 is 15.9 Å². The van der Waals surface area contributed by atoms with E-state index in [-0.39, 0.29) is 5.56 Å². The molecule has 1 aromatic heterocycles. The molecule has 0 bridgehead atoms. The fourth-order valence-corrected chi connectivity index (χ4v) is 1.94. The quantitative estimate of drug-likeness (QED) is 0.804. The molecule has 0 aliphatic rings. The van der Waals surface area contributed by atoms with E-state index in [9.17, 15) is 4.79 Å². The molecule has 0 aliphatic carbocycles. The van der Waals surface area contributed by atoms with Gasteiger partial charge in [0.05, 0.1) is 6.33 Å². The number of aromatic amines is 1. The van der Waals surface area contributed by atoms with Crippen LogP contribution in [0.25, 0.3) is 0 Å². The number of H-pyrrole nitrogens is 1. The number of aromatic nitrogens is 2. The van der Waals surface area contributed by atoms with Gasteiger partial charge in [-0.15, -0.1) is 0 Å². The summed E-state index contributed by atoms with van der Waals surface area (Å²) in [7, 11) is 0. The van der Waals surface area contributed by atoms with E-state index in [1.165, 1.54) is 6.33 Å². The lowest BCUT2D eigenvalue weighted by Crippen LogP contribution is -2.30. The average molecular weight is 303 g/mol. The highest BCUT2D eigenvalue weighted by atomic mass is 79.9. The van der Waals surface area contributed by atoms with Crippen LogP contribution in [-0.2, 0) is 0 Å². The fraction of sp³-hybridized carbons (Fsp3) is 0.636. The maximum Gasteiger partial charge on any atom is 0.267 e. The van der Waals surface area contributed by atoms with Gasteiger partial charge in [0.15, 0.2) is 0 Å². The summed E-state index contributed by atoms with van der Waals surface area (Å²) in [6, 6.07) is 0. The third-order valence-corrected chi connectivity index (χ3v) is 3.24. The summed E-state index contributed by atoms with van der Waals surface area (Å²) in [6.07, 6.45) is 2.56. The number of rotatable bonds is 7. The second-order valence-corrected chi connectivity index (χ2v) is 4.55. The van der Waals surface area contributed by atoms with E-state index in [0.717, 1.165) is 32.6 Å². The van der Waals surface area contributed by atoms with Crippen molar-refractivity contribution in [2.24, 2.45) is 0 Å². The minimum Gasteiger partial charge on any atom is -0.368 e. The van der Waals surface area contributed by atoms with Crippen molar-refractivity contribution >= 4 is 21.7 Å². The molecule has 0 atom stereocenters. The van der Waals surface area contributed by atoms with Crippen LogP contribution in [0.4, 0.5) is 5.82 Å². The molecule has 0 amide bonds. The number of hydrogen-bond acceptors (Lipinski definition) is 4. The minimum absolute atomic E-state index is 0.164. The topological polar surface area (TPSA) is 61.0 Å².